The van der Waals surface area contributed by atoms with Crippen molar-refractivity contribution in [2.45, 2.75) is 26.8 Å². The summed E-state index contributed by atoms with van der Waals surface area (Å²) in [4.78, 5) is 34.7. The van der Waals surface area contributed by atoms with E-state index in [1.165, 1.54) is 13.0 Å². The molecule has 0 heterocycles. The Kier molecular flexibility index (Phi) is 6.31. The first-order valence-corrected chi connectivity index (χ1v) is 6.89. The summed E-state index contributed by atoms with van der Waals surface area (Å²) in [7, 11) is 0. The van der Waals surface area contributed by atoms with Gasteiger partial charge in [0.2, 0.25) is 5.91 Å². The highest BCUT2D eigenvalue weighted by Gasteiger charge is 2.25. The predicted octanol–water partition coefficient (Wildman–Crippen LogP) is 1.39. The largest absolute Gasteiger partial charge is 0.480 e. The number of benzene rings is 1. The van der Waals surface area contributed by atoms with E-state index in [1.54, 1.807) is 38.1 Å². The van der Waals surface area contributed by atoms with E-state index in [-0.39, 0.29) is 11.6 Å². The van der Waals surface area contributed by atoms with E-state index in [9.17, 15) is 14.4 Å². The first-order valence-electron chi connectivity index (χ1n) is 6.89. The zero-order chi connectivity index (χ0) is 16.7. The minimum absolute atomic E-state index is 0.00519. The standard InChI is InChI=1S/C16H20N2O4/c1-10(2)14(16(21)22)18-15(20)13(17-11(3)19)9-12-7-5-4-6-8-12/h4-10,14H,1-3H3,(H,17,19)(H,18,20)(H,21,22)/b13-9-. The van der Waals surface area contributed by atoms with Crippen LogP contribution in [0.2, 0.25) is 0 Å². The summed E-state index contributed by atoms with van der Waals surface area (Å²) in [5.41, 5.74) is 0.725. The first kappa shape index (κ1) is 17.4. The van der Waals surface area contributed by atoms with Gasteiger partial charge < -0.3 is 15.7 Å². The van der Waals surface area contributed by atoms with Crippen molar-refractivity contribution in [3.63, 3.8) is 0 Å². The van der Waals surface area contributed by atoms with Crippen molar-refractivity contribution >= 4 is 23.9 Å². The zero-order valence-electron chi connectivity index (χ0n) is 12.8. The average Bonchev–Trinajstić information content (AvgIpc) is 2.43. The molecule has 0 saturated carbocycles. The normalized spacial score (nSPS) is 12.6. The van der Waals surface area contributed by atoms with E-state index in [0.29, 0.717) is 0 Å². The van der Waals surface area contributed by atoms with Crippen molar-refractivity contribution in [3.8, 4) is 0 Å². The number of amides is 2. The number of hydrogen-bond acceptors (Lipinski definition) is 3. The summed E-state index contributed by atoms with van der Waals surface area (Å²) in [6.45, 7) is 4.67. The quantitative estimate of drug-likeness (QED) is 0.692. The maximum absolute atomic E-state index is 12.2. The van der Waals surface area contributed by atoms with Crippen LogP contribution in [0.25, 0.3) is 6.08 Å². The summed E-state index contributed by atoms with van der Waals surface area (Å²) in [6, 6.07) is 7.93. The van der Waals surface area contributed by atoms with Crippen LogP contribution in [0, 0.1) is 5.92 Å². The van der Waals surface area contributed by atoms with Crippen LogP contribution in [0.15, 0.2) is 36.0 Å². The number of aliphatic carboxylic acids is 1. The van der Waals surface area contributed by atoms with Gasteiger partial charge in [-0.2, -0.15) is 0 Å². The summed E-state index contributed by atoms with van der Waals surface area (Å²) in [6.07, 6.45) is 1.50. The number of carboxylic acid groups (broad SMARTS) is 1. The summed E-state index contributed by atoms with van der Waals surface area (Å²) >= 11 is 0. The van der Waals surface area contributed by atoms with Gasteiger partial charge in [0.1, 0.15) is 11.7 Å². The molecule has 1 unspecified atom stereocenters. The first-order chi connectivity index (χ1) is 10.3. The smallest absolute Gasteiger partial charge is 0.326 e. The highest BCUT2D eigenvalue weighted by atomic mass is 16.4. The average molecular weight is 304 g/mol. The van der Waals surface area contributed by atoms with Crippen LogP contribution >= 0.6 is 0 Å². The van der Waals surface area contributed by atoms with Gasteiger partial charge in [-0.05, 0) is 17.6 Å². The highest BCUT2D eigenvalue weighted by Crippen LogP contribution is 2.07. The Morgan fingerprint density at radius 2 is 1.73 bits per heavy atom. The lowest BCUT2D eigenvalue weighted by Crippen LogP contribution is -2.46. The molecule has 0 aromatic heterocycles. The Morgan fingerprint density at radius 3 is 2.18 bits per heavy atom. The van der Waals surface area contributed by atoms with Crippen molar-refractivity contribution in [3.05, 3.63) is 41.6 Å². The van der Waals surface area contributed by atoms with Crippen LogP contribution in [0.3, 0.4) is 0 Å². The van der Waals surface area contributed by atoms with Crippen LogP contribution in [-0.2, 0) is 14.4 Å². The molecular formula is C16H20N2O4. The van der Waals surface area contributed by atoms with Gasteiger partial charge in [0.05, 0.1) is 0 Å². The van der Waals surface area contributed by atoms with Crippen molar-refractivity contribution < 1.29 is 19.5 Å². The van der Waals surface area contributed by atoms with Gasteiger partial charge in [-0.1, -0.05) is 44.2 Å². The maximum Gasteiger partial charge on any atom is 0.326 e. The molecule has 6 heteroatoms. The molecule has 0 radical (unpaired) electrons. The Hall–Kier alpha value is -2.63. The van der Waals surface area contributed by atoms with E-state index in [4.69, 9.17) is 5.11 Å². The Bertz CT molecular complexity index is 579. The molecule has 0 spiro atoms. The molecule has 0 fully saturated rings. The van der Waals surface area contributed by atoms with Crippen LogP contribution in [0.1, 0.15) is 26.3 Å². The van der Waals surface area contributed by atoms with Gasteiger partial charge in [0, 0.05) is 6.92 Å². The van der Waals surface area contributed by atoms with Gasteiger partial charge in [-0.3, -0.25) is 9.59 Å². The second-order valence-electron chi connectivity index (χ2n) is 5.18. The third-order valence-corrected chi connectivity index (χ3v) is 2.89. The molecule has 0 aliphatic carbocycles. The molecule has 1 aromatic carbocycles. The van der Waals surface area contributed by atoms with Gasteiger partial charge in [0.25, 0.3) is 5.91 Å². The number of carbonyl (C=O) groups is 3. The fourth-order valence-electron chi connectivity index (χ4n) is 1.80. The van der Waals surface area contributed by atoms with E-state index >= 15 is 0 Å². The third-order valence-electron chi connectivity index (χ3n) is 2.89. The summed E-state index contributed by atoms with van der Waals surface area (Å²) in [5.74, 6) is -2.45. The Morgan fingerprint density at radius 1 is 1.14 bits per heavy atom. The minimum Gasteiger partial charge on any atom is -0.480 e. The molecule has 1 aromatic rings. The number of hydrogen-bond donors (Lipinski definition) is 3. The van der Waals surface area contributed by atoms with Crippen molar-refractivity contribution in [2.24, 2.45) is 5.92 Å². The lowest BCUT2D eigenvalue weighted by atomic mass is 10.0. The van der Waals surface area contributed by atoms with Gasteiger partial charge >= 0.3 is 5.97 Å². The molecular weight excluding hydrogens is 284 g/mol. The lowest BCUT2D eigenvalue weighted by molar-refractivity contribution is -0.142. The lowest BCUT2D eigenvalue weighted by Gasteiger charge is -2.19. The van der Waals surface area contributed by atoms with Crippen molar-refractivity contribution in [1.82, 2.24) is 10.6 Å². The molecule has 3 N–H and O–H groups in total. The molecule has 1 atom stereocenters. The highest BCUT2D eigenvalue weighted by molar-refractivity contribution is 6.02. The maximum atomic E-state index is 12.2. The molecule has 0 bridgehead atoms. The molecule has 0 aliphatic rings. The monoisotopic (exact) mass is 304 g/mol. The van der Waals surface area contributed by atoms with E-state index in [1.807, 2.05) is 6.07 Å². The number of carboxylic acids is 1. The summed E-state index contributed by atoms with van der Waals surface area (Å²) < 4.78 is 0. The third kappa shape index (κ3) is 5.40. The second kappa shape index (κ2) is 7.97. The van der Waals surface area contributed by atoms with Crippen LogP contribution < -0.4 is 10.6 Å². The second-order valence-corrected chi connectivity index (χ2v) is 5.18. The van der Waals surface area contributed by atoms with E-state index < -0.39 is 23.8 Å². The zero-order valence-corrected chi connectivity index (χ0v) is 12.8. The number of carbonyl (C=O) groups excluding carboxylic acids is 2. The van der Waals surface area contributed by atoms with Crippen LogP contribution in [0.4, 0.5) is 0 Å². The van der Waals surface area contributed by atoms with Crippen LogP contribution in [0.5, 0.6) is 0 Å². The molecule has 2 amide bonds. The van der Waals surface area contributed by atoms with Crippen molar-refractivity contribution in [1.29, 1.82) is 0 Å². The summed E-state index contributed by atoms with van der Waals surface area (Å²) in [5, 5.41) is 14.0. The molecule has 6 nitrogen and oxygen atoms in total. The molecule has 0 aliphatic heterocycles. The molecule has 22 heavy (non-hydrogen) atoms. The fraction of sp³-hybridized carbons (Fsp3) is 0.312. The van der Waals surface area contributed by atoms with E-state index in [0.717, 1.165) is 5.56 Å². The van der Waals surface area contributed by atoms with Gasteiger partial charge in [-0.15, -0.1) is 0 Å². The molecule has 118 valence electrons. The van der Waals surface area contributed by atoms with Crippen LogP contribution in [-0.4, -0.2) is 28.9 Å². The Labute approximate surface area is 129 Å². The Balaban J connectivity index is 3.01. The predicted molar refractivity (Wildman–Crippen MR) is 82.6 cm³/mol. The van der Waals surface area contributed by atoms with E-state index in [2.05, 4.69) is 10.6 Å². The van der Waals surface area contributed by atoms with Crippen molar-refractivity contribution in [2.75, 3.05) is 0 Å². The topological polar surface area (TPSA) is 95.5 Å². The fourth-order valence-corrected chi connectivity index (χ4v) is 1.80. The number of nitrogens with one attached hydrogen (secondary N) is 2. The number of rotatable bonds is 6. The van der Waals surface area contributed by atoms with Gasteiger partial charge in [-0.25, -0.2) is 4.79 Å². The SMILES string of the molecule is CC(=O)N/C(=C\c1ccccc1)C(=O)NC(C(=O)O)C(C)C. The minimum atomic E-state index is -1.12. The molecule has 0 saturated heterocycles. The van der Waals surface area contributed by atoms with Gasteiger partial charge in [0.15, 0.2) is 0 Å². The molecule has 1 rings (SSSR count).